The number of fused-ring (bicyclic) bond motifs is 1. The molecule has 3 nitrogen and oxygen atoms in total. The number of benzene rings is 1. The van der Waals surface area contributed by atoms with Crippen molar-refractivity contribution in [1.82, 2.24) is 0 Å². The molecule has 88 valence electrons. The van der Waals surface area contributed by atoms with E-state index in [1.165, 1.54) is 4.31 Å². The SMILES string of the molecule is O=S(=O)(CCCCl)N1CCc2ccccc21. The molecule has 0 unspecified atom stereocenters. The maximum Gasteiger partial charge on any atom is 0.235 e. The van der Waals surface area contributed by atoms with Crippen molar-refractivity contribution in [2.75, 3.05) is 22.5 Å². The molecule has 16 heavy (non-hydrogen) atoms. The predicted octanol–water partition coefficient (Wildman–Crippen LogP) is 2.01. The van der Waals surface area contributed by atoms with Crippen LogP contribution in [0.4, 0.5) is 5.69 Å². The predicted molar refractivity (Wildman–Crippen MR) is 66.6 cm³/mol. The van der Waals surface area contributed by atoms with Gasteiger partial charge >= 0.3 is 0 Å². The average molecular weight is 260 g/mol. The van der Waals surface area contributed by atoms with Crippen LogP contribution in [0.15, 0.2) is 24.3 Å². The van der Waals surface area contributed by atoms with Crippen molar-refractivity contribution in [3.63, 3.8) is 0 Å². The van der Waals surface area contributed by atoms with E-state index >= 15 is 0 Å². The highest BCUT2D eigenvalue weighted by molar-refractivity contribution is 7.92. The summed E-state index contributed by atoms with van der Waals surface area (Å²) in [6.07, 6.45) is 1.30. The zero-order valence-corrected chi connectivity index (χ0v) is 10.5. The summed E-state index contributed by atoms with van der Waals surface area (Å²) in [5.41, 5.74) is 1.94. The zero-order chi connectivity index (χ0) is 11.6. The number of alkyl halides is 1. The molecular weight excluding hydrogens is 246 g/mol. The third-order valence-electron chi connectivity index (χ3n) is 2.72. The van der Waals surface area contributed by atoms with Crippen molar-refractivity contribution in [2.24, 2.45) is 0 Å². The molecule has 1 aliphatic heterocycles. The quantitative estimate of drug-likeness (QED) is 0.776. The number of anilines is 1. The first-order valence-corrected chi connectivity index (χ1v) is 7.44. The molecule has 1 aromatic rings. The first-order chi connectivity index (χ1) is 7.65. The van der Waals surface area contributed by atoms with E-state index in [9.17, 15) is 8.42 Å². The van der Waals surface area contributed by atoms with Gasteiger partial charge in [-0.05, 0) is 24.5 Å². The van der Waals surface area contributed by atoms with E-state index in [4.69, 9.17) is 11.6 Å². The van der Waals surface area contributed by atoms with Gasteiger partial charge in [-0.2, -0.15) is 0 Å². The highest BCUT2D eigenvalue weighted by atomic mass is 35.5. The molecule has 0 amide bonds. The Hall–Kier alpha value is -0.740. The lowest BCUT2D eigenvalue weighted by atomic mass is 10.2. The van der Waals surface area contributed by atoms with Gasteiger partial charge in [0.2, 0.25) is 10.0 Å². The molecule has 1 aliphatic rings. The van der Waals surface area contributed by atoms with Crippen LogP contribution in [0, 0.1) is 0 Å². The largest absolute Gasteiger partial charge is 0.270 e. The standard InChI is InChI=1S/C11H14ClNO2S/c12-7-3-9-16(14,15)13-8-6-10-4-1-2-5-11(10)13/h1-2,4-5H,3,6-9H2. The van der Waals surface area contributed by atoms with Gasteiger partial charge < -0.3 is 0 Å². The van der Waals surface area contributed by atoms with Gasteiger partial charge in [-0.1, -0.05) is 18.2 Å². The molecule has 0 aliphatic carbocycles. The Bertz CT molecular complexity index is 473. The van der Waals surface area contributed by atoms with Crippen molar-refractivity contribution >= 4 is 27.3 Å². The van der Waals surface area contributed by atoms with Crippen LogP contribution in [0.5, 0.6) is 0 Å². The van der Waals surface area contributed by atoms with Crippen molar-refractivity contribution in [3.05, 3.63) is 29.8 Å². The number of hydrogen-bond donors (Lipinski definition) is 0. The van der Waals surface area contributed by atoms with Crippen LogP contribution in [0.1, 0.15) is 12.0 Å². The zero-order valence-electron chi connectivity index (χ0n) is 8.89. The fraction of sp³-hybridized carbons (Fsp3) is 0.455. The Morgan fingerprint density at radius 1 is 1.31 bits per heavy atom. The molecule has 0 N–H and O–H groups in total. The molecule has 0 saturated heterocycles. The van der Waals surface area contributed by atoms with E-state index < -0.39 is 10.0 Å². The summed E-state index contributed by atoms with van der Waals surface area (Å²) in [5.74, 6) is 0.513. The molecule has 1 aromatic carbocycles. The summed E-state index contributed by atoms with van der Waals surface area (Å²) < 4.78 is 25.6. The molecular formula is C11H14ClNO2S. The Morgan fingerprint density at radius 3 is 2.81 bits per heavy atom. The van der Waals surface area contributed by atoms with Crippen LogP contribution in [0.3, 0.4) is 0 Å². The van der Waals surface area contributed by atoms with E-state index in [-0.39, 0.29) is 5.75 Å². The Morgan fingerprint density at radius 2 is 2.06 bits per heavy atom. The van der Waals surface area contributed by atoms with Gasteiger partial charge in [-0.3, -0.25) is 4.31 Å². The smallest absolute Gasteiger partial charge is 0.235 e. The first-order valence-electron chi connectivity index (χ1n) is 5.29. The number of para-hydroxylation sites is 1. The van der Waals surface area contributed by atoms with Crippen LogP contribution in [0.2, 0.25) is 0 Å². The lowest BCUT2D eigenvalue weighted by Gasteiger charge is -2.19. The summed E-state index contributed by atoms with van der Waals surface area (Å²) >= 11 is 5.53. The first kappa shape index (κ1) is 11.7. The maximum atomic E-state index is 12.0. The summed E-state index contributed by atoms with van der Waals surface area (Å²) in [4.78, 5) is 0. The molecule has 1 heterocycles. The molecule has 2 rings (SSSR count). The van der Waals surface area contributed by atoms with Crippen molar-refractivity contribution in [1.29, 1.82) is 0 Å². The lowest BCUT2D eigenvalue weighted by molar-refractivity contribution is 0.591. The minimum atomic E-state index is -3.19. The normalized spacial score (nSPS) is 15.2. The minimum Gasteiger partial charge on any atom is -0.270 e. The second-order valence-corrected chi connectivity index (χ2v) is 6.20. The molecule has 0 saturated carbocycles. The number of halogens is 1. The van der Waals surface area contributed by atoms with E-state index in [1.807, 2.05) is 24.3 Å². The van der Waals surface area contributed by atoms with Crippen LogP contribution in [0.25, 0.3) is 0 Å². The van der Waals surface area contributed by atoms with Gasteiger partial charge in [0, 0.05) is 12.4 Å². The van der Waals surface area contributed by atoms with Gasteiger partial charge in [-0.25, -0.2) is 8.42 Å². The fourth-order valence-corrected chi connectivity index (χ4v) is 3.81. The third kappa shape index (κ3) is 2.18. The van der Waals surface area contributed by atoms with E-state index in [2.05, 4.69) is 0 Å². The highest BCUT2D eigenvalue weighted by Crippen LogP contribution is 2.30. The van der Waals surface area contributed by atoms with Gasteiger partial charge in [0.05, 0.1) is 11.4 Å². The maximum absolute atomic E-state index is 12.0. The molecule has 0 bridgehead atoms. The number of rotatable bonds is 4. The van der Waals surface area contributed by atoms with Gasteiger partial charge in [0.1, 0.15) is 0 Å². The van der Waals surface area contributed by atoms with Crippen LogP contribution in [-0.4, -0.2) is 26.6 Å². The van der Waals surface area contributed by atoms with E-state index in [0.29, 0.717) is 18.8 Å². The van der Waals surface area contributed by atoms with Crippen LogP contribution >= 0.6 is 11.6 Å². The minimum absolute atomic E-state index is 0.130. The molecule has 0 atom stereocenters. The summed E-state index contributed by atoms with van der Waals surface area (Å²) in [5, 5.41) is 0. The Kier molecular flexibility index (Phi) is 3.40. The fourth-order valence-electron chi connectivity index (χ4n) is 1.94. The van der Waals surface area contributed by atoms with Crippen LogP contribution in [-0.2, 0) is 16.4 Å². The Balaban J connectivity index is 2.25. The van der Waals surface area contributed by atoms with E-state index in [0.717, 1.165) is 17.7 Å². The monoisotopic (exact) mass is 259 g/mol. The van der Waals surface area contributed by atoms with Crippen molar-refractivity contribution in [3.8, 4) is 0 Å². The second-order valence-electron chi connectivity index (χ2n) is 3.81. The Labute approximate surface area is 101 Å². The molecule has 0 aromatic heterocycles. The third-order valence-corrected chi connectivity index (χ3v) is 4.84. The highest BCUT2D eigenvalue weighted by Gasteiger charge is 2.28. The second kappa shape index (κ2) is 4.63. The lowest BCUT2D eigenvalue weighted by Crippen LogP contribution is -2.31. The molecule has 0 fully saturated rings. The number of sulfonamides is 1. The molecule has 0 radical (unpaired) electrons. The van der Waals surface area contributed by atoms with Gasteiger partial charge in [-0.15, -0.1) is 11.6 Å². The number of hydrogen-bond acceptors (Lipinski definition) is 2. The van der Waals surface area contributed by atoms with Crippen molar-refractivity contribution < 1.29 is 8.42 Å². The van der Waals surface area contributed by atoms with Gasteiger partial charge in [0.25, 0.3) is 0 Å². The van der Waals surface area contributed by atoms with Gasteiger partial charge in [0.15, 0.2) is 0 Å². The van der Waals surface area contributed by atoms with Crippen molar-refractivity contribution in [2.45, 2.75) is 12.8 Å². The molecule has 0 spiro atoms. The summed E-state index contributed by atoms with van der Waals surface area (Å²) in [6, 6.07) is 7.65. The number of nitrogens with zero attached hydrogens (tertiary/aromatic N) is 1. The summed E-state index contributed by atoms with van der Waals surface area (Å²) in [7, 11) is -3.19. The van der Waals surface area contributed by atoms with E-state index in [1.54, 1.807) is 0 Å². The summed E-state index contributed by atoms with van der Waals surface area (Å²) in [6.45, 7) is 0.559. The average Bonchev–Trinajstić information content (AvgIpc) is 2.71. The topological polar surface area (TPSA) is 37.4 Å². The van der Waals surface area contributed by atoms with Crippen LogP contribution < -0.4 is 4.31 Å². The molecule has 5 heteroatoms.